The Balaban J connectivity index is 1.07. The molecule has 2 saturated heterocycles. The number of carbonyl (C=O) groups is 4. The molecule has 7 rings (SSSR count). The third-order valence-corrected chi connectivity index (χ3v) is 10.8. The van der Waals surface area contributed by atoms with Crippen LogP contribution in [0.3, 0.4) is 0 Å². The van der Waals surface area contributed by atoms with Crippen LogP contribution in [0.2, 0.25) is 0 Å². The number of methoxy groups -OCH3 is 2. The number of benzene rings is 2. The molecule has 0 saturated carbocycles. The zero-order chi connectivity index (χ0) is 39.7. The maximum atomic E-state index is 13.6. The number of rotatable bonds is 10. The molecule has 2 aliphatic rings. The molecule has 294 valence electrons. The molecule has 56 heavy (non-hydrogen) atoms. The van der Waals surface area contributed by atoms with Crippen LogP contribution in [-0.2, 0) is 19.1 Å². The molecule has 16 heteroatoms. The van der Waals surface area contributed by atoms with E-state index in [2.05, 4.69) is 35.8 Å². The van der Waals surface area contributed by atoms with Crippen LogP contribution >= 0.6 is 0 Å². The summed E-state index contributed by atoms with van der Waals surface area (Å²) in [4.78, 5) is 71.1. The zero-order valence-electron chi connectivity index (χ0n) is 32.5. The van der Waals surface area contributed by atoms with Crippen LogP contribution in [0.15, 0.2) is 48.7 Å². The number of nitrogens with one attached hydrogen (secondary N) is 4. The number of ether oxygens (including phenoxy) is 2. The van der Waals surface area contributed by atoms with Gasteiger partial charge >= 0.3 is 12.2 Å². The van der Waals surface area contributed by atoms with E-state index in [1.165, 1.54) is 14.2 Å². The first kappa shape index (κ1) is 38.2. The van der Waals surface area contributed by atoms with Crippen LogP contribution in [0.5, 0.6) is 0 Å². The maximum Gasteiger partial charge on any atom is 0.407 e. The Kier molecular flexibility index (Phi) is 10.9. The van der Waals surface area contributed by atoms with E-state index in [4.69, 9.17) is 14.5 Å². The van der Waals surface area contributed by atoms with Gasteiger partial charge in [0.1, 0.15) is 23.7 Å². The summed E-state index contributed by atoms with van der Waals surface area (Å²) >= 11 is 0. The summed E-state index contributed by atoms with van der Waals surface area (Å²) in [7, 11) is 2.57. The van der Waals surface area contributed by atoms with Crippen molar-refractivity contribution < 1.29 is 28.7 Å². The molecular weight excluding hydrogens is 717 g/mol. The number of carbonyl (C=O) groups excluding carboxylic acids is 4. The molecule has 3 aromatic heterocycles. The maximum absolute atomic E-state index is 13.6. The highest BCUT2D eigenvalue weighted by Crippen LogP contribution is 2.35. The molecule has 2 aliphatic heterocycles. The number of aromatic amines is 2. The van der Waals surface area contributed by atoms with E-state index in [1.54, 1.807) is 16.0 Å². The van der Waals surface area contributed by atoms with E-state index in [0.717, 1.165) is 58.9 Å². The summed E-state index contributed by atoms with van der Waals surface area (Å²) in [5.74, 6) is 0.829. The van der Waals surface area contributed by atoms with E-state index in [0.29, 0.717) is 35.9 Å². The Hall–Kier alpha value is -6.06. The van der Waals surface area contributed by atoms with Crippen molar-refractivity contribution in [3.05, 3.63) is 60.3 Å². The van der Waals surface area contributed by atoms with E-state index < -0.39 is 24.3 Å². The molecule has 2 fully saturated rings. The summed E-state index contributed by atoms with van der Waals surface area (Å²) in [5.41, 5.74) is 5.55. The molecule has 5 heterocycles. The van der Waals surface area contributed by atoms with Gasteiger partial charge in [-0.25, -0.2) is 19.6 Å². The van der Waals surface area contributed by atoms with E-state index in [1.807, 2.05) is 70.2 Å². The van der Waals surface area contributed by atoms with Crippen LogP contribution in [-0.4, -0.2) is 103 Å². The highest BCUT2D eigenvalue weighted by Gasteiger charge is 2.39. The predicted octanol–water partition coefficient (Wildman–Crippen LogP) is 5.65. The molecule has 5 aromatic rings. The molecule has 4 amide bonds. The second kappa shape index (κ2) is 16.0. The second-order valence-electron chi connectivity index (χ2n) is 15.1. The Bertz CT molecular complexity index is 2270. The summed E-state index contributed by atoms with van der Waals surface area (Å²) in [6.07, 6.45) is 3.66. The summed E-state index contributed by atoms with van der Waals surface area (Å²) in [6.45, 7) is 8.72. The Morgan fingerprint density at radius 2 is 1.34 bits per heavy atom. The molecule has 4 N–H and O–H groups in total. The van der Waals surface area contributed by atoms with Crippen molar-refractivity contribution in [3.8, 4) is 22.5 Å². The van der Waals surface area contributed by atoms with Gasteiger partial charge in [0.05, 0.1) is 60.4 Å². The van der Waals surface area contributed by atoms with E-state index in [-0.39, 0.29) is 35.7 Å². The fourth-order valence-corrected chi connectivity index (χ4v) is 7.73. The number of likely N-dealkylation sites (tertiary alicyclic amines) is 2. The molecule has 0 aliphatic carbocycles. The molecule has 0 unspecified atom stereocenters. The van der Waals surface area contributed by atoms with Gasteiger partial charge in [-0.05, 0) is 61.8 Å². The Morgan fingerprint density at radius 1 is 0.732 bits per heavy atom. The smallest absolute Gasteiger partial charge is 0.407 e. The first-order valence-corrected chi connectivity index (χ1v) is 19.1. The van der Waals surface area contributed by atoms with Crippen LogP contribution < -0.4 is 10.6 Å². The molecule has 0 spiro atoms. The third-order valence-electron chi connectivity index (χ3n) is 10.8. The number of imidazole rings is 2. The average molecular weight is 765 g/mol. The second-order valence-corrected chi connectivity index (χ2v) is 15.1. The predicted molar refractivity (Wildman–Crippen MR) is 208 cm³/mol. The van der Waals surface area contributed by atoms with Crippen molar-refractivity contribution in [2.45, 2.75) is 77.5 Å². The van der Waals surface area contributed by atoms with Gasteiger partial charge in [-0.3, -0.25) is 9.59 Å². The molecule has 0 radical (unpaired) electrons. The lowest BCUT2D eigenvalue weighted by Gasteiger charge is -2.30. The van der Waals surface area contributed by atoms with Crippen molar-refractivity contribution in [3.63, 3.8) is 0 Å². The molecule has 16 nitrogen and oxygen atoms in total. The van der Waals surface area contributed by atoms with Crippen LogP contribution in [0.25, 0.3) is 44.5 Å². The monoisotopic (exact) mass is 764 g/mol. The third kappa shape index (κ3) is 7.59. The fourth-order valence-electron chi connectivity index (χ4n) is 7.73. The van der Waals surface area contributed by atoms with Crippen molar-refractivity contribution in [1.29, 1.82) is 0 Å². The number of H-pyrrole nitrogens is 2. The van der Waals surface area contributed by atoms with Crippen molar-refractivity contribution in [1.82, 2.24) is 50.6 Å². The van der Waals surface area contributed by atoms with Gasteiger partial charge in [-0.2, -0.15) is 0 Å². The summed E-state index contributed by atoms with van der Waals surface area (Å²) < 4.78 is 9.52. The molecular formula is C40H48N10O6. The molecule has 2 aromatic carbocycles. The normalized spacial score (nSPS) is 18.1. The zero-order valence-corrected chi connectivity index (χ0v) is 32.5. The van der Waals surface area contributed by atoms with E-state index in [9.17, 15) is 19.2 Å². The van der Waals surface area contributed by atoms with Crippen LogP contribution in [0.4, 0.5) is 9.59 Å². The minimum atomic E-state index is -0.708. The number of aromatic nitrogens is 6. The van der Waals surface area contributed by atoms with Gasteiger partial charge in [0.2, 0.25) is 11.8 Å². The number of hydrogen-bond acceptors (Lipinski definition) is 10. The van der Waals surface area contributed by atoms with Crippen LogP contribution in [0, 0.1) is 11.8 Å². The number of hydrogen-bond donors (Lipinski definition) is 4. The minimum Gasteiger partial charge on any atom is -0.453 e. The number of nitrogens with zero attached hydrogens (tertiary/aromatic N) is 6. The molecule has 4 atom stereocenters. The first-order chi connectivity index (χ1) is 26.9. The standard InChI is InChI=1S/C40H48N10O6/c1-21(2)33(45-39(53)55-5)37(51)49-15-7-9-31(49)35-41-20-30(44-35)25-12-11-23-17-27(47-48-28(23)18-25)24-13-14-26-29(19-24)43-36(42-26)32-10-8-16-50(32)38(52)34(22(3)4)46-40(54)56-6/h11-14,17-22,31-34H,7-10,15-16H2,1-6H3,(H,41,44)(H,42,43)(H,45,53)(H,46,54)/t31-,32-,33-,34-/m0/s1. The largest absolute Gasteiger partial charge is 0.453 e. The van der Waals surface area contributed by atoms with Gasteiger partial charge in [0.25, 0.3) is 0 Å². The number of amides is 4. The highest BCUT2D eigenvalue weighted by molar-refractivity contribution is 5.89. The first-order valence-electron chi connectivity index (χ1n) is 19.1. The quantitative estimate of drug-likeness (QED) is 0.138. The lowest BCUT2D eigenvalue weighted by molar-refractivity contribution is -0.136. The average Bonchev–Trinajstić information content (AvgIpc) is 4.03. The van der Waals surface area contributed by atoms with Gasteiger partial charge in [0.15, 0.2) is 0 Å². The highest BCUT2D eigenvalue weighted by atomic mass is 16.5. The SMILES string of the molecule is COC(=O)N[C@H](C(=O)N1CCC[C@H]1c1ncc(-c2ccc3cc(-c4ccc5nc([C@@H]6CCCN6C(=O)[C@@H](NC(=O)OC)C(C)C)[nH]c5c4)nnc3c2)[nH]1)C(C)C. The van der Waals surface area contributed by atoms with Gasteiger partial charge in [-0.15, -0.1) is 10.2 Å². The topological polar surface area (TPSA) is 200 Å². The van der Waals surface area contributed by atoms with Crippen molar-refractivity contribution in [2.75, 3.05) is 27.3 Å². The Labute approximate surface area is 324 Å². The van der Waals surface area contributed by atoms with Crippen molar-refractivity contribution >= 4 is 45.9 Å². The van der Waals surface area contributed by atoms with Crippen LogP contribution in [0.1, 0.15) is 77.1 Å². The Morgan fingerprint density at radius 3 is 1.95 bits per heavy atom. The number of fused-ring (bicyclic) bond motifs is 2. The van der Waals surface area contributed by atoms with Crippen molar-refractivity contribution in [2.24, 2.45) is 11.8 Å². The fraction of sp³-hybridized carbons (Fsp3) is 0.450. The van der Waals surface area contributed by atoms with E-state index >= 15 is 0 Å². The lowest BCUT2D eigenvalue weighted by atomic mass is 10.0. The lowest BCUT2D eigenvalue weighted by Crippen LogP contribution is -2.51. The van der Waals surface area contributed by atoms with Gasteiger partial charge in [0, 0.05) is 29.6 Å². The molecule has 0 bridgehead atoms. The number of alkyl carbamates (subject to hydrolysis) is 2. The summed E-state index contributed by atoms with van der Waals surface area (Å²) in [5, 5.41) is 15.4. The minimum absolute atomic E-state index is 0.120. The summed E-state index contributed by atoms with van der Waals surface area (Å²) in [6, 6.07) is 11.9. The van der Waals surface area contributed by atoms with Gasteiger partial charge < -0.3 is 39.9 Å². The van der Waals surface area contributed by atoms with Gasteiger partial charge in [-0.1, -0.05) is 45.9 Å².